The number of ketones is 2. The highest BCUT2D eigenvalue weighted by molar-refractivity contribution is 6.05. The molecular weight excluding hydrogens is 221 g/mol. The molecule has 0 heterocycles. The van der Waals surface area contributed by atoms with Gasteiger partial charge in [-0.15, -0.1) is 0 Å². The monoisotopic (exact) mass is 238 g/mol. The van der Waals surface area contributed by atoms with Gasteiger partial charge in [-0.25, -0.2) is 0 Å². The fourth-order valence-electron chi connectivity index (χ4n) is 1.31. The molecule has 0 N–H and O–H groups in total. The predicted octanol–water partition coefficient (Wildman–Crippen LogP) is 3.01. The van der Waals surface area contributed by atoms with Gasteiger partial charge in [0.2, 0.25) is 0 Å². The van der Waals surface area contributed by atoms with Crippen molar-refractivity contribution in [2.75, 3.05) is 0 Å². The summed E-state index contributed by atoms with van der Waals surface area (Å²) in [7, 11) is 0. The molecule has 1 atom stereocenters. The van der Waals surface area contributed by atoms with Gasteiger partial charge in [0, 0.05) is 5.92 Å². The zero-order chi connectivity index (χ0) is 13.3. The van der Waals surface area contributed by atoms with Crippen molar-refractivity contribution in [2.24, 2.45) is 17.3 Å². The summed E-state index contributed by atoms with van der Waals surface area (Å²) in [5, 5.41) is 0. The molecule has 0 bridgehead atoms. The van der Waals surface area contributed by atoms with Gasteiger partial charge in [0.25, 0.3) is 0 Å². The highest BCUT2D eigenvalue weighted by atomic mass is 19.4. The predicted molar refractivity (Wildman–Crippen MR) is 53.9 cm³/mol. The lowest BCUT2D eigenvalue weighted by Gasteiger charge is -2.28. The van der Waals surface area contributed by atoms with Gasteiger partial charge < -0.3 is 0 Å². The number of carbonyl (C=O) groups excluding carboxylic acids is 2. The number of hydrogen-bond donors (Lipinski definition) is 0. The van der Waals surface area contributed by atoms with Crippen LogP contribution in [-0.2, 0) is 9.59 Å². The van der Waals surface area contributed by atoms with E-state index in [1.165, 1.54) is 6.92 Å². The van der Waals surface area contributed by atoms with E-state index in [0.29, 0.717) is 0 Å². The topological polar surface area (TPSA) is 34.1 Å². The normalized spacial score (nSPS) is 15.1. The van der Waals surface area contributed by atoms with Crippen LogP contribution in [0.25, 0.3) is 0 Å². The fraction of sp³-hybridized carbons (Fsp3) is 0.818. The molecule has 16 heavy (non-hydrogen) atoms. The Morgan fingerprint density at radius 1 is 1.00 bits per heavy atom. The van der Waals surface area contributed by atoms with E-state index in [1.807, 2.05) is 0 Å². The van der Waals surface area contributed by atoms with Crippen LogP contribution in [0.2, 0.25) is 0 Å². The van der Waals surface area contributed by atoms with Crippen LogP contribution in [0.4, 0.5) is 13.2 Å². The second-order valence-electron chi connectivity index (χ2n) is 4.77. The van der Waals surface area contributed by atoms with E-state index in [0.717, 1.165) is 13.8 Å². The maximum atomic E-state index is 12.6. The van der Waals surface area contributed by atoms with Gasteiger partial charge in [0.1, 0.15) is 11.2 Å². The van der Waals surface area contributed by atoms with Crippen LogP contribution in [-0.4, -0.2) is 17.7 Å². The van der Waals surface area contributed by atoms with Crippen LogP contribution in [0.15, 0.2) is 0 Å². The molecule has 0 fully saturated rings. The maximum Gasteiger partial charge on any atom is 0.400 e. The summed E-state index contributed by atoms with van der Waals surface area (Å²) in [4.78, 5) is 23.1. The summed E-state index contributed by atoms with van der Waals surface area (Å²) in [6.45, 7) is 5.97. The molecule has 0 rings (SSSR count). The minimum Gasteiger partial charge on any atom is -0.299 e. The molecule has 2 nitrogen and oxygen atoms in total. The van der Waals surface area contributed by atoms with Gasteiger partial charge >= 0.3 is 6.18 Å². The maximum absolute atomic E-state index is 12.6. The first-order valence-corrected chi connectivity index (χ1v) is 5.07. The molecule has 5 heteroatoms. The molecule has 0 aromatic rings. The molecule has 0 aliphatic heterocycles. The van der Waals surface area contributed by atoms with Crippen molar-refractivity contribution in [3.05, 3.63) is 0 Å². The minimum atomic E-state index is -4.63. The molecule has 0 radical (unpaired) electrons. The minimum absolute atomic E-state index is 0.442. The quantitative estimate of drug-likeness (QED) is 0.705. The largest absolute Gasteiger partial charge is 0.400 e. The molecule has 0 amide bonds. The first-order chi connectivity index (χ1) is 6.93. The number of alkyl halides is 3. The average Bonchev–Trinajstić information content (AvgIpc) is 2.12. The molecule has 0 spiro atoms. The third-order valence-corrected chi connectivity index (χ3v) is 2.71. The highest BCUT2D eigenvalue weighted by Crippen LogP contribution is 2.40. The molecule has 94 valence electrons. The van der Waals surface area contributed by atoms with Crippen LogP contribution in [0.5, 0.6) is 0 Å². The third kappa shape index (κ3) is 2.83. The van der Waals surface area contributed by atoms with Crippen molar-refractivity contribution in [2.45, 2.75) is 40.8 Å². The lowest BCUT2D eigenvalue weighted by Crippen LogP contribution is -2.45. The van der Waals surface area contributed by atoms with Crippen molar-refractivity contribution < 1.29 is 22.8 Å². The van der Waals surface area contributed by atoms with Crippen LogP contribution in [0.1, 0.15) is 34.6 Å². The van der Waals surface area contributed by atoms with Gasteiger partial charge in [-0.3, -0.25) is 9.59 Å². The first kappa shape index (κ1) is 15.1. The fourth-order valence-corrected chi connectivity index (χ4v) is 1.31. The second-order valence-corrected chi connectivity index (χ2v) is 4.77. The van der Waals surface area contributed by atoms with E-state index in [2.05, 4.69) is 0 Å². The van der Waals surface area contributed by atoms with Crippen molar-refractivity contribution in [3.8, 4) is 0 Å². The van der Waals surface area contributed by atoms with E-state index in [-0.39, 0.29) is 0 Å². The van der Waals surface area contributed by atoms with E-state index in [4.69, 9.17) is 0 Å². The molecule has 1 unspecified atom stereocenters. The first-order valence-electron chi connectivity index (χ1n) is 5.07. The SMILES string of the molecule is CC(C)C(=O)C(C)C(=O)C(C)(C)C(F)(F)F. The highest BCUT2D eigenvalue weighted by Gasteiger charge is 2.54. The molecular formula is C11H17F3O2. The van der Waals surface area contributed by atoms with Crippen LogP contribution in [0, 0.1) is 17.3 Å². The van der Waals surface area contributed by atoms with Crippen molar-refractivity contribution in [1.29, 1.82) is 0 Å². The van der Waals surface area contributed by atoms with Crippen LogP contribution < -0.4 is 0 Å². The Morgan fingerprint density at radius 2 is 1.38 bits per heavy atom. The summed E-state index contributed by atoms with van der Waals surface area (Å²) in [6, 6.07) is 0. The van der Waals surface area contributed by atoms with Gasteiger partial charge in [-0.05, 0) is 20.8 Å². The standard InChI is InChI=1S/C11H17F3O2/c1-6(2)8(15)7(3)9(16)10(4,5)11(12,13)14/h6-7H,1-5H3. The second kappa shape index (κ2) is 4.55. The lowest BCUT2D eigenvalue weighted by molar-refractivity contribution is -0.211. The summed E-state index contributed by atoms with van der Waals surface area (Å²) in [5.41, 5.74) is -2.48. The van der Waals surface area contributed by atoms with Crippen molar-refractivity contribution in [1.82, 2.24) is 0 Å². The van der Waals surface area contributed by atoms with Crippen molar-refractivity contribution in [3.63, 3.8) is 0 Å². The molecule has 0 saturated heterocycles. The number of hydrogen-bond acceptors (Lipinski definition) is 2. The van der Waals surface area contributed by atoms with E-state index in [1.54, 1.807) is 13.8 Å². The van der Waals surface area contributed by atoms with Gasteiger partial charge in [0.05, 0.1) is 5.92 Å². The number of Topliss-reactive ketones (excluding diaryl/α,β-unsaturated/α-hetero) is 2. The number of halogens is 3. The van der Waals surface area contributed by atoms with E-state index >= 15 is 0 Å². The van der Waals surface area contributed by atoms with Gasteiger partial charge in [0.15, 0.2) is 5.78 Å². The average molecular weight is 238 g/mol. The lowest BCUT2D eigenvalue weighted by atomic mass is 9.78. The number of rotatable bonds is 4. The Balaban J connectivity index is 5.02. The zero-order valence-electron chi connectivity index (χ0n) is 10.1. The smallest absolute Gasteiger partial charge is 0.299 e. The summed E-state index contributed by atoms with van der Waals surface area (Å²) >= 11 is 0. The number of carbonyl (C=O) groups is 2. The summed E-state index contributed by atoms with van der Waals surface area (Å²) < 4.78 is 37.7. The van der Waals surface area contributed by atoms with Gasteiger partial charge in [-0.1, -0.05) is 13.8 Å². The van der Waals surface area contributed by atoms with E-state index < -0.39 is 35.0 Å². The molecule has 0 saturated carbocycles. The third-order valence-electron chi connectivity index (χ3n) is 2.71. The molecule has 0 aromatic heterocycles. The molecule has 0 aliphatic carbocycles. The summed E-state index contributed by atoms with van der Waals surface area (Å²) in [6.07, 6.45) is -4.63. The van der Waals surface area contributed by atoms with Gasteiger partial charge in [-0.2, -0.15) is 13.2 Å². The molecule has 0 aliphatic rings. The van der Waals surface area contributed by atoms with Crippen LogP contribution >= 0.6 is 0 Å². The Bertz CT molecular complexity index is 290. The Labute approximate surface area is 93.2 Å². The Kier molecular flexibility index (Phi) is 4.31. The molecule has 0 aromatic carbocycles. The summed E-state index contributed by atoms with van der Waals surface area (Å²) in [5.74, 6) is -3.18. The van der Waals surface area contributed by atoms with E-state index in [9.17, 15) is 22.8 Å². The Hall–Kier alpha value is -0.870. The van der Waals surface area contributed by atoms with Crippen molar-refractivity contribution >= 4 is 11.6 Å². The Morgan fingerprint density at radius 3 is 1.62 bits per heavy atom. The van der Waals surface area contributed by atoms with Crippen LogP contribution in [0.3, 0.4) is 0 Å². The zero-order valence-corrected chi connectivity index (χ0v) is 10.1.